The number of hydrogen-bond acceptors (Lipinski definition) is 4. The van der Waals surface area contributed by atoms with Gasteiger partial charge in [-0.1, -0.05) is 79.1 Å². The van der Waals surface area contributed by atoms with E-state index < -0.39 is 0 Å². The van der Waals surface area contributed by atoms with Crippen molar-refractivity contribution in [3.63, 3.8) is 0 Å². The van der Waals surface area contributed by atoms with Crippen LogP contribution in [0.5, 0.6) is 0 Å². The van der Waals surface area contributed by atoms with Gasteiger partial charge >= 0.3 is 0 Å². The monoisotopic (exact) mass is 554 g/mol. The predicted octanol–water partition coefficient (Wildman–Crippen LogP) is 12.5. The van der Waals surface area contributed by atoms with Crippen LogP contribution < -0.4 is 0 Å². The van der Waals surface area contributed by atoms with E-state index in [1.165, 1.54) is 93.5 Å². The minimum atomic E-state index is 0.812. The van der Waals surface area contributed by atoms with Crippen molar-refractivity contribution in [1.29, 1.82) is 0 Å². The molecule has 0 bridgehead atoms. The second-order valence-electron chi connectivity index (χ2n) is 10.1. The summed E-state index contributed by atoms with van der Waals surface area (Å²) in [6.45, 7) is 9.33. The van der Waals surface area contributed by atoms with E-state index in [9.17, 15) is 0 Å². The maximum Gasteiger partial charge on any atom is 0.0474 e. The third-order valence-corrected chi connectivity index (χ3v) is 12.1. The normalized spacial score (nSPS) is 13.3. The SMILES string of the molecule is CCCCC(CC)Cc1ccsc1-c1ccc(-c2ccc(-c3sccc3CC(CC)CCCC)s2)s1. The van der Waals surface area contributed by atoms with Crippen LogP contribution in [0.4, 0.5) is 0 Å². The minimum Gasteiger partial charge on any atom is -0.143 e. The molecular weight excluding hydrogens is 513 g/mol. The van der Waals surface area contributed by atoms with Gasteiger partial charge in [-0.3, -0.25) is 0 Å². The molecule has 4 heteroatoms. The molecular formula is C32H42S4. The molecule has 0 aliphatic rings. The lowest BCUT2D eigenvalue weighted by molar-refractivity contribution is 0.450. The summed E-state index contributed by atoms with van der Waals surface area (Å²) in [5.41, 5.74) is 3.11. The van der Waals surface area contributed by atoms with Gasteiger partial charge in [0.05, 0.1) is 0 Å². The average Bonchev–Trinajstić information content (AvgIpc) is 3.70. The molecule has 0 spiro atoms. The molecule has 0 saturated heterocycles. The summed E-state index contributed by atoms with van der Waals surface area (Å²) in [5, 5.41) is 4.59. The molecule has 2 unspecified atom stereocenters. The van der Waals surface area contributed by atoms with Crippen LogP contribution in [0.3, 0.4) is 0 Å². The van der Waals surface area contributed by atoms with Crippen molar-refractivity contribution in [1.82, 2.24) is 0 Å². The molecule has 0 nitrogen and oxygen atoms in total. The first-order valence-electron chi connectivity index (χ1n) is 14.0. The van der Waals surface area contributed by atoms with Gasteiger partial charge < -0.3 is 0 Å². The highest BCUT2D eigenvalue weighted by Gasteiger charge is 2.17. The highest BCUT2D eigenvalue weighted by molar-refractivity contribution is 7.28. The highest BCUT2D eigenvalue weighted by atomic mass is 32.1. The van der Waals surface area contributed by atoms with Crippen LogP contribution in [0, 0.1) is 11.8 Å². The molecule has 0 saturated carbocycles. The van der Waals surface area contributed by atoms with Crippen molar-refractivity contribution in [2.45, 2.75) is 91.9 Å². The van der Waals surface area contributed by atoms with Gasteiger partial charge in [-0.25, -0.2) is 0 Å². The van der Waals surface area contributed by atoms with Crippen molar-refractivity contribution in [2.24, 2.45) is 11.8 Å². The van der Waals surface area contributed by atoms with Crippen LogP contribution in [0.25, 0.3) is 29.3 Å². The van der Waals surface area contributed by atoms with E-state index in [1.807, 2.05) is 45.3 Å². The number of thiophene rings is 4. The Kier molecular flexibility index (Phi) is 10.9. The lowest BCUT2D eigenvalue weighted by atomic mass is 9.92. The van der Waals surface area contributed by atoms with Crippen LogP contribution in [-0.2, 0) is 12.8 Å². The minimum absolute atomic E-state index is 0.812. The van der Waals surface area contributed by atoms with E-state index in [-0.39, 0.29) is 0 Å². The fraction of sp³-hybridized carbons (Fsp3) is 0.500. The van der Waals surface area contributed by atoms with E-state index in [0.29, 0.717) is 0 Å². The molecule has 0 amide bonds. The third kappa shape index (κ3) is 7.01. The smallest absolute Gasteiger partial charge is 0.0474 e. The Morgan fingerprint density at radius 3 is 1.36 bits per heavy atom. The fourth-order valence-corrected chi connectivity index (χ4v) is 9.42. The summed E-state index contributed by atoms with van der Waals surface area (Å²) in [6, 6.07) is 14.2. The van der Waals surface area contributed by atoms with Gasteiger partial charge in [0.2, 0.25) is 0 Å². The molecule has 36 heavy (non-hydrogen) atoms. The van der Waals surface area contributed by atoms with Crippen molar-refractivity contribution in [2.75, 3.05) is 0 Å². The first-order valence-corrected chi connectivity index (χ1v) is 17.4. The van der Waals surface area contributed by atoms with Gasteiger partial charge in [-0.15, -0.1) is 45.3 Å². The van der Waals surface area contributed by atoms with E-state index in [4.69, 9.17) is 0 Å². The van der Waals surface area contributed by atoms with Gasteiger partial charge in [0.1, 0.15) is 0 Å². The quantitative estimate of drug-likeness (QED) is 0.137. The Labute approximate surface area is 235 Å². The molecule has 4 heterocycles. The highest BCUT2D eigenvalue weighted by Crippen LogP contribution is 2.44. The van der Waals surface area contributed by atoms with Crippen LogP contribution in [0.2, 0.25) is 0 Å². The third-order valence-electron chi connectivity index (χ3n) is 7.50. The van der Waals surface area contributed by atoms with Crippen LogP contribution >= 0.6 is 45.3 Å². The zero-order chi connectivity index (χ0) is 25.3. The lowest BCUT2D eigenvalue weighted by Gasteiger charge is -2.14. The van der Waals surface area contributed by atoms with E-state index in [0.717, 1.165) is 11.8 Å². The Balaban J connectivity index is 1.49. The molecule has 0 aliphatic heterocycles. The lowest BCUT2D eigenvalue weighted by Crippen LogP contribution is -2.03. The molecule has 0 N–H and O–H groups in total. The zero-order valence-corrected chi connectivity index (χ0v) is 25.7. The van der Waals surface area contributed by atoms with E-state index >= 15 is 0 Å². The van der Waals surface area contributed by atoms with Crippen molar-refractivity contribution in [3.8, 4) is 29.3 Å². The first kappa shape index (κ1) is 27.8. The molecule has 4 aromatic rings. The van der Waals surface area contributed by atoms with Gasteiger partial charge in [0, 0.05) is 29.3 Å². The molecule has 4 rings (SSSR count). The Morgan fingerprint density at radius 1 is 0.556 bits per heavy atom. The number of rotatable bonds is 15. The molecule has 0 fully saturated rings. The van der Waals surface area contributed by atoms with Gasteiger partial charge in [-0.05, 0) is 83.0 Å². The molecule has 4 aromatic heterocycles. The number of hydrogen-bond donors (Lipinski definition) is 0. The largest absolute Gasteiger partial charge is 0.143 e. The Hall–Kier alpha value is -1.20. The second kappa shape index (κ2) is 14.1. The summed E-state index contributed by atoms with van der Waals surface area (Å²) < 4.78 is 0. The first-order chi connectivity index (χ1) is 17.7. The molecule has 0 radical (unpaired) electrons. The Bertz CT molecular complexity index is 1080. The van der Waals surface area contributed by atoms with Crippen molar-refractivity contribution in [3.05, 3.63) is 58.3 Å². The zero-order valence-electron chi connectivity index (χ0n) is 22.5. The standard InChI is InChI=1S/C32H42S4/c1-5-9-11-23(7-3)21-25-17-19-33-31(25)29-15-13-27(35-29)28-14-16-30(36-28)32-26(18-20-34-32)22-24(8-4)12-10-6-2/h13-20,23-24H,5-12,21-22H2,1-4H3. The fourth-order valence-electron chi connectivity index (χ4n) is 5.12. The van der Waals surface area contributed by atoms with Gasteiger partial charge in [-0.2, -0.15) is 0 Å². The average molecular weight is 555 g/mol. The van der Waals surface area contributed by atoms with Crippen LogP contribution in [0.1, 0.15) is 90.2 Å². The van der Waals surface area contributed by atoms with Gasteiger partial charge in [0.25, 0.3) is 0 Å². The summed E-state index contributed by atoms with van der Waals surface area (Å²) in [7, 11) is 0. The molecule has 0 aliphatic carbocycles. The molecule has 194 valence electrons. The van der Waals surface area contributed by atoms with Crippen molar-refractivity contribution < 1.29 is 0 Å². The summed E-state index contributed by atoms with van der Waals surface area (Å²) in [4.78, 5) is 8.69. The van der Waals surface area contributed by atoms with Gasteiger partial charge in [0.15, 0.2) is 0 Å². The van der Waals surface area contributed by atoms with E-state index in [1.54, 1.807) is 11.1 Å². The topological polar surface area (TPSA) is 0 Å². The van der Waals surface area contributed by atoms with E-state index in [2.05, 4.69) is 74.9 Å². The van der Waals surface area contributed by atoms with Crippen molar-refractivity contribution >= 4 is 45.3 Å². The number of unbranched alkanes of at least 4 members (excludes halogenated alkanes) is 2. The summed E-state index contributed by atoms with van der Waals surface area (Å²) in [6.07, 6.45) is 13.0. The maximum atomic E-state index is 2.37. The Morgan fingerprint density at radius 2 is 0.972 bits per heavy atom. The van der Waals surface area contributed by atoms with Crippen LogP contribution in [-0.4, -0.2) is 0 Å². The predicted molar refractivity (Wildman–Crippen MR) is 168 cm³/mol. The second-order valence-corrected chi connectivity index (χ2v) is 14.1. The molecule has 2 atom stereocenters. The summed E-state index contributed by atoms with van der Waals surface area (Å²) in [5.74, 6) is 1.62. The maximum absolute atomic E-state index is 2.37. The molecule has 0 aromatic carbocycles. The summed E-state index contributed by atoms with van der Waals surface area (Å²) >= 11 is 7.79. The van der Waals surface area contributed by atoms with Crippen LogP contribution in [0.15, 0.2) is 47.2 Å².